The predicted molar refractivity (Wildman–Crippen MR) is 103 cm³/mol. The molecule has 1 saturated carbocycles. The zero-order chi connectivity index (χ0) is 19.0. The van der Waals surface area contributed by atoms with Gasteiger partial charge in [-0.15, -0.1) is 11.3 Å². The van der Waals surface area contributed by atoms with Crippen molar-refractivity contribution in [3.05, 3.63) is 50.9 Å². The van der Waals surface area contributed by atoms with Crippen LogP contribution in [0.2, 0.25) is 9.36 Å². The molecule has 0 bridgehead atoms. The Kier molecular flexibility index (Phi) is 5.12. The fraction of sp³-hybridized carbons (Fsp3) is 0.353. The van der Waals surface area contributed by atoms with Gasteiger partial charge in [-0.2, -0.15) is 9.78 Å². The summed E-state index contributed by atoms with van der Waals surface area (Å²) in [4.78, 5) is 28.3. The summed E-state index contributed by atoms with van der Waals surface area (Å²) in [5.74, 6) is 1.41. The average Bonchev–Trinajstić information content (AvgIpc) is 3.25. The van der Waals surface area contributed by atoms with Gasteiger partial charge in [-0.25, -0.2) is 15.0 Å². The number of halogens is 2. The lowest BCUT2D eigenvalue weighted by atomic mass is 10.2. The Labute approximate surface area is 170 Å². The highest BCUT2D eigenvalue weighted by Crippen LogP contribution is 2.36. The van der Waals surface area contributed by atoms with Crippen LogP contribution < -0.4 is 0 Å². The summed E-state index contributed by atoms with van der Waals surface area (Å²) in [6.07, 6.45) is 6.97. The first-order valence-electron chi connectivity index (χ1n) is 8.47. The normalized spacial score (nSPS) is 14.9. The lowest BCUT2D eigenvalue weighted by Crippen LogP contribution is -2.36. The van der Waals surface area contributed by atoms with Gasteiger partial charge < -0.3 is 4.90 Å². The quantitative estimate of drug-likeness (QED) is 0.598. The third-order valence-electron chi connectivity index (χ3n) is 4.43. The van der Waals surface area contributed by atoms with E-state index in [1.807, 2.05) is 6.92 Å². The summed E-state index contributed by atoms with van der Waals surface area (Å²) in [5, 5.41) is 4.63. The van der Waals surface area contributed by atoms with Crippen LogP contribution in [-0.2, 0) is 0 Å². The smallest absolute Gasteiger partial charge is 0.264 e. The summed E-state index contributed by atoms with van der Waals surface area (Å²) in [6.45, 7) is 2.58. The van der Waals surface area contributed by atoms with E-state index in [4.69, 9.17) is 23.2 Å². The molecule has 27 heavy (non-hydrogen) atoms. The molecule has 1 fully saturated rings. The molecular weight excluding hydrogens is 407 g/mol. The maximum Gasteiger partial charge on any atom is 0.264 e. The summed E-state index contributed by atoms with van der Waals surface area (Å²) >= 11 is 13.3. The molecule has 140 valence electrons. The second-order valence-corrected chi connectivity index (χ2v) is 8.45. The maximum atomic E-state index is 13.2. The van der Waals surface area contributed by atoms with E-state index in [-0.39, 0.29) is 11.9 Å². The molecule has 3 aromatic heterocycles. The van der Waals surface area contributed by atoms with E-state index in [1.165, 1.54) is 17.7 Å². The van der Waals surface area contributed by atoms with Gasteiger partial charge in [0.2, 0.25) is 0 Å². The maximum absolute atomic E-state index is 13.2. The molecule has 3 heterocycles. The summed E-state index contributed by atoms with van der Waals surface area (Å²) in [5.41, 5.74) is 0. The Bertz CT molecular complexity index is 936. The van der Waals surface area contributed by atoms with Crippen molar-refractivity contribution in [1.82, 2.24) is 29.6 Å². The predicted octanol–water partition coefficient (Wildman–Crippen LogP) is 4.04. The third-order valence-corrected chi connectivity index (χ3v) is 6.28. The molecule has 7 nitrogen and oxygen atoms in total. The lowest BCUT2D eigenvalue weighted by Gasteiger charge is -2.28. The lowest BCUT2D eigenvalue weighted by molar-refractivity contribution is 0.0675. The van der Waals surface area contributed by atoms with Crippen LogP contribution in [0.25, 0.3) is 5.95 Å². The zero-order valence-electron chi connectivity index (χ0n) is 14.4. The van der Waals surface area contributed by atoms with Gasteiger partial charge in [-0.1, -0.05) is 23.2 Å². The van der Waals surface area contributed by atoms with Crippen LogP contribution in [0.4, 0.5) is 0 Å². The van der Waals surface area contributed by atoms with Crippen LogP contribution in [0.15, 0.2) is 30.9 Å². The second-order valence-electron chi connectivity index (χ2n) is 6.39. The van der Waals surface area contributed by atoms with Gasteiger partial charge in [0.25, 0.3) is 11.9 Å². The number of amides is 1. The standard InChI is InChI=1S/C17H16Cl2N6OS/c1-10(15-22-9-23-25(15)17-20-5-2-6-21-17)24(8-11-3-4-11)16(26)13-7-12(18)14(19)27-13/h2,5-7,9-11H,3-4,8H2,1H3. The van der Waals surface area contributed by atoms with Crippen molar-refractivity contribution in [1.29, 1.82) is 0 Å². The fourth-order valence-electron chi connectivity index (χ4n) is 2.82. The van der Waals surface area contributed by atoms with Crippen LogP contribution in [0.5, 0.6) is 0 Å². The van der Waals surface area contributed by atoms with E-state index in [0.29, 0.717) is 38.5 Å². The second kappa shape index (κ2) is 7.53. The minimum atomic E-state index is -0.316. The van der Waals surface area contributed by atoms with Crippen molar-refractivity contribution in [2.45, 2.75) is 25.8 Å². The number of thiophene rings is 1. The van der Waals surface area contributed by atoms with Crippen LogP contribution >= 0.6 is 34.5 Å². The molecule has 3 aromatic rings. The van der Waals surface area contributed by atoms with E-state index in [0.717, 1.165) is 12.8 Å². The molecule has 0 spiro atoms. The first kappa shape index (κ1) is 18.3. The molecule has 1 unspecified atom stereocenters. The molecule has 1 aliphatic carbocycles. The van der Waals surface area contributed by atoms with Crippen molar-refractivity contribution >= 4 is 40.4 Å². The van der Waals surface area contributed by atoms with E-state index < -0.39 is 0 Å². The number of carbonyl (C=O) groups is 1. The summed E-state index contributed by atoms with van der Waals surface area (Å²) in [7, 11) is 0. The summed E-state index contributed by atoms with van der Waals surface area (Å²) < 4.78 is 1.98. The van der Waals surface area contributed by atoms with Crippen molar-refractivity contribution in [2.75, 3.05) is 6.54 Å². The van der Waals surface area contributed by atoms with Crippen LogP contribution in [-0.4, -0.2) is 42.1 Å². The number of hydrogen-bond acceptors (Lipinski definition) is 6. The topological polar surface area (TPSA) is 76.8 Å². The minimum Gasteiger partial charge on any atom is -0.328 e. The molecule has 10 heteroatoms. The van der Waals surface area contributed by atoms with Crippen molar-refractivity contribution in [3.8, 4) is 5.95 Å². The molecule has 0 aliphatic heterocycles. The van der Waals surface area contributed by atoms with Crippen LogP contribution in [0, 0.1) is 5.92 Å². The Morgan fingerprint density at radius 1 is 1.33 bits per heavy atom. The Balaban J connectivity index is 1.67. The first-order valence-corrected chi connectivity index (χ1v) is 10.0. The van der Waals surface area contributed by atoms with Gasteiger partial charge in [0.05, 0.1) is 15.9 Å². The first-order chi connectivity index (χ1) is 13.0. The highest BCUT2D eigenvalue weighted by molar-refractivity contribution is 7.18. The van der Waals surface area contributed by atoms with E-state index >= 15 is 0 Å². The highest BCUT2D eigenvalue weighted by Gasteiger charge is 2.33. The third kappa shape index (κ3) is 3.83. The van der Waals surface area contributed by atoms with Gasteiger partial charge in [-0.05, 0) is 37.8 Å². The van der Waals surface area contributed by atoms with Crippen LogP contribution in [0.1, 0.15) is 41.3 Å². The summed E-state index contributed by atoms with van der Waals surface area (Å²) in [6, 6.07) is 3.04. The minimum absolute atomic E-state index is 0.114. The fourth-order valence-corrected chi connectivity index (χ4v) is 4.14. The molecule has 0 saturated heterocycles. The number of aromatic nitrogens is 5. The van der Waals surface area contributed by atoms with E-state index in [2.05, 4.69) is 20.1 Å². The molecule has 1 amide bonds. The van der Waals surface area contributed by atoms with E-state index in [9.17, 15) is 4.79 Å². The number of nitrogens with zero attached hydrogens (tertiary/aromatic N) is 6. The SMILES string of the molecule is CC(c1ncnn1-c1ncccn1)N(CC1CC1)C(=O)c1cc(Cl)c(Cl)s1. The van der Waals surface area contributed by atoms with Gasteiger partial charge in [-0.3, -0.25) is 4.79 Å². The number of carbonyl (C=O) groups excluding carboxylic acids is 1. The number of hydrogen-bond donors (Lipinski definition) is 0. The Hall–Kier alpha value is -2.03. The van der Waals surface area contributed by atoms with Gasteiger partial charge in [0.1, 0.15) is 10.7 Å². The van der Waals surface area contributed by atoms with E-state index in [1.54, 1.807) is 34.1 Å². The molecule has 0 aromatic carbocycles. The monoisotopic (exact) mass is 422 g/mol. The molecule has 1 atom stereocenters. The van der Waals surface area contributed by atoms with Gasteiger partial charge in [0.15, 0.2) is 5.82 Å². The Morgan fingerprint density at radius 3 is 2.70 bits per heavy atom. The van der Waals surface area contributed by atoms with Crippen molar-refractivity contribution in [3.63, 3.8) is 0 Å². The number of rotatable bonds is 6. The highest BCUT2D eigenvalue weighted by atomic mass is 35.5. The molecule has 0 radical (unpaired) electrons. The van der Waals surface area contributed by atoms with Gasteiger partial charge in [0, 0.05) is 18.9 Å². The van der Waals surface area contributed by atoms with Crippen molar-refractivity contribution < 1.29 is 4.79 Å². The molecule has 4 rings (SSSR count). The zero-order valence-corrected chi connectivity index (χ0v) is 16.7. The Morgan fingerprint density at radius 2 is 2.07 bits per heavy atom. The average molecular weight is 423 g/mol. The molecule has 0 N–H and O–H groups in total. The largest absolute Gasteiger partial charge is 0.328 e. The molecular formula is C17H16Cl2N6OS. The van der Waals surface area contributed by atoms with Crippen molar-refractivity contribution in [2.24, 2.45) is 5.92 Å². The van der Waals surface area contributed by atoms with Crippen LogP contribution in [0.3, 0.4) is 0 Å². The van der Waals surface area contributed by atoms with Gasteiger partial charge >= 0.3 is 0 Å². The molecule has 1 aliphatic rings.